The molecule has 0 spiro atoms. The molecule has 0 saturated carbocycles. The number of hydrogen-bond donors (Lipinski definition) is 1. The van der Waals surface area contributed by atoms with Crippen LogP contribution in [0.1, 0.15) is 12.5 Å². The Morgan fingerprint density at radius 3 is 2.72 bits per heavy atom. The van der Waals surface area contributed by atoms with Gasteiger partial charge in [0.2, 0.25) is 0 Å². The van der Waals surface area contributed by atoms with Crippen LogP contribution in [0.4, 0.5) is 13.2 Å². The molecular weight excluding hydrogens is 385 g/mol. The molecule has 4 rings (SSSR count). The molecular formula is C20H17F3N4O2. The fourth-order valence-electron chi connectivity index (χ4n) is 3.36. The van der Waals surface area contributed by atoms with Crippen molar-refractivity contribution in [2.75, 3.05) is 6.61 Å². The van der Waals surface area contributed by atoms with Gasteiger partial charge < -0.3 is 4.74 Å². The van der Waals surface area contributed by atoms with E-state index in [1.807, 2.05) is 31.2 Å². The summed E-state index contributed by atoms with van der Waals surface area (Å²) in [5.74, 6) is 0. The third kappa shape index (κ3) is 3.61. The van der Waals surface area contributed by atoms with E-state index in [2.05, 4.69) is 15.2 Å². The number of pyridine rings is 2. The van der Waals surface area contributed by atoms with Crippen LogP contribution in [-0.4, -0.2) is 32.5 Å². The van der Waals surface area contributed by atoms with Gasteiger partial charge >= 0.3 is 6.18 Å². The summed E-state index contributed by atoms with van der Waals surface area (Å²) in [6.45, 7) is 1.36. The summed E-state index contributed by atoms with van der Waals surface area (Å²) in [5, 5.41) is 6.99. The van der Waals surface area contributed by atoms with Crippen molar-refractivity contribution in [3.63, 3.8) is 0 Å². The molecule has 6 nitrogen and oxygen atoms in total. The largest absolute Gasteiger partial charge is 0.406 e. The lowest BCUT2D eigenvalue weighted by molar-refractivity contribution is -0.140. The Hall–Kier alpha value is -3.20. The maximum Gasteiger partial charge on any atom is 0.406 e. The SMILES string of the molecule is CCOCc1ccccc1-c1cc2c(cn1)c1[nH]ncc1c(=O)n2CC(F)(F)F. The van der Waals surface area contributed by atoms with E-state index in [0.717, 1.165) is 15.7 Å². The summed E-state index contributed by atoms with van der Waals surface area (Å²) in [6, 6.07) is 8.87. The molecule has 0 saturated heterocycles. The van der Waals surface area contributed by atoms with Gasteiger partial charge in [0.05, 0.1) is 34.9 Å². The predicted octanol–water partition coefficient (Wildman–Crippen LogP) is 4.04. The molecule has 0 atom stereocenters. The lowest BCUT2D eigenvalue weighted by atomic mass is 10.0. The Kier molecular flexibility index (Phi) is 4.83. The van der Waals surface area contributed by atoms with Crippen LogP contribution >= 0.6 is 0 Å². The highest BCUT2D eigenvalue weighted by molar-refractivity contribution is 6.03. The highest BCUT2D eigenvalue weighted by Gasteiger charge is 2.30. The minimum atomic E-state index is -4.55. The van der Waals surface area contributed by atoms with Gasteiger partial charge in [0.1, 0.15) is 6.54 Å². The van der Waals surface area contributed by atoms with Crippen LogP contribution in [0.15, 0.2) is 47.5 Å². The lowest BCUT2D eigenvalue weighted by Gasteiger charge is -2.15. The number of aromatic nitrogens is 4. The van der Waals surface area contributed by atoms with Crippen LogP contribution in [-0.2, 0) is 17.9 Å². The fraction of sp³-hybridized carbons (Fsp3) is 0.250. The number of aromatic amines is 1. The number of rotatable bonds is 5. The number of ether oxygens (including phenoxy) is 1. The van der Waals surface area contributed by atoms with Gasteiger partial charge in [-0.25, -0.2) is 0 Å². The molecule has 1 N–H and O–H groups in total. The Morgan fingerprint density at radius 2 is 1.97 bits per heavy atom. The van der Waals surface area contributed by atoms with E-state index in [0.29, 0.717) is 29.8 Å². The second-order valence-corrected chi connectivity index (χ2v) is 6.55. The van der Waals surface area contributed by atoms with Crippen LogP contribution in [0.2, 0.25) is 0 Å². The molecule has 0 bridgehead atoms. The van der Waals surface area contributed by atoms with E-state index in [9.17, 15) is 18.0 Å². The standard InChI is InChI=1S/C20H17F3N4O2/c1-2-29-10-12-5-3-4-6-13(12)16-7-17-14(8-24-16)18-15(9-25-26-18)19(28)27(17)11-20(21,22)23/h3-9H,2,10-11H2,1H3,(H,25,26). The first-order valence-corrected chi connectivity index (χ1v) is 8.97. The Balaban J connectivity index is 1.98. The Morgan fingerprint density at radius 1 is 1.17 bits per heavy atom. The zero-order valence-corrected chi connectivity index (χ0v) is 15.5. The van der Waals surface area contributed by atoms with Crippen molar-refractivity contribution in [2.45, 2.75) is 26.3 Å². The highest BCUT2D eigenvalue weighted by Crippen LogP contribution is 2.29. The molecule has 4 aromatic rings. The Labute approximate surface area is 162 Å². The first kappa shape index (κ1) is 19.1. The number of halogens is 3. The van der Waals surface area contributed by atoms with E-state index >= 15 is 0 Å². The minimum absolute atomic E-state index is 0.0908. The van der Waals surface area contributed by atoms with Crippen molar-refractivity contribution in [3.05, 3.63) is 58.6 Å². The summed E-state index contributed by atoms with van der Waals surface area (Å²) in [5.41, 5.74) is 1.80. The zero-order valence-electron chi connectivity index (χ0n) is 15.5. The van der Waals surface area contributed by atoms with Gasteiger partial charge in [0.15, 0.2) is 0 Å². The van der Waals surface area contributed by atoms with E-state index in [-0.39, 0.29) is 10.9 Å². The van der Waals surface area contributed by atoms with Crippen LogP contribution < -0.4 is 5.56 Å². The van der Waals surface area contributed by atoms with Gasteiger partial charge in [0, 0.05) is 23.8 Å². The molecule has 0 aliphatic carbocycles. The third-order valence-corrected chi connectivity index (χ3v) is 4.65. The number of nitrogens with one attached hydrogen (secondary N) is 1. The molecule has 1 aromatic carbocycles. The number of hydrogen-bond acceptors (Lipinski definition) is 4. The maximum absolute atomic E-state index is 13.2. The molecule has 29 heavy (non-hydrogen) atoms. The molecule has 0 aliphatic rings. The summed E-state index contributed by atoms with van der Waals surface area (Å²) >= 11 is 0. The number of nitrogens with zero attached hydrogens (tertiary/aromatic N) is 3. The molecule has 0 aliphatic heterocycles. The van der Waals surface area contributed by atoms with Crippen molar-refractivity contribution in [1.82, 2.24) is 19.7 Å². The van der Waals surface area contributed by atoms with Gasteiger partial charge in [-0.2, -0.15) is 18.3 Å². The molecule has 3 heterocycles. The van der Waals surface area contributed by atoms with Crippen LogP contribution in [0.3, 0.4) is 0 Å². The van der Waals surface area contributed by atoms with Crippen molar-refractivity contribution in [1.29, 1.82) is 0 Å². The van der Waals surface area contributed by atoms with Gasteiger partial charge in [-0.3, -0.25) is 19.4 Å². The molecule has 150 valence electrons. The van der Waals surface area contributed by atoms with Crippen molar-refractivity contribution >= 4 is 21.8 Å². The van der Waals surface area contributed by atoms with Crippen LogP contribution in [0, 0.1) is 0 Å². The first-order chi connectivity index (χ1) is 13.9. The summed E-state index contributed by atoms with van der Waals surface area (Å²) in [7, 11) is 0. The molecule has 9 heteroatoms. The van der Waals surface area contributed by atoms with E-state index in [4.69, 9.17) is 4.74 Å². The summed E-state index contributed by atoms with van der Waals surface area (Å²) in [6.07, 6.45) is -1.85. The summed E-state index contributed by atoms with van der Waals surface area (Å²) in [4.78, 5) is 17.1. The normalized spacial score (nSPS) is 12.1. The highest BCUT2D eigenvalue weighted by atomic mass is 19.4. The van der Waals surface area contributed by atoms with Crippen LogP contribution in [0.5, 0.6) is 0 Å². The van der Waals surface area contributed by atoms with Crippen molar-refractivity contribution in [3.8, 4) is 11.3 Å². The minimum Gasteiger partial charge on any atom is -0.377 e. The monoisotopic (exact) mass is 402 g/mol. The quantitative estimate of drug-likeness (QED) is 0.547. The van der Waals surface area contributed by atoms with Gasteiger partial charge in [-0.15, -0.1) is 0 Å². The first-order valence-electron chi connectivity index (χ1n) is 8.97. The van der Waals surface area contributed by atoms with Gasteiger partial charge in [-0.1, -0.05) is 24.3 Å². The molecule has 0 unspecified atom stereocenters. The zero-order chi connectivity index (χ0) is 20.6. The average Bonchev–Trinajstić information content (AvgIpc) is 3.19. The number of H-pyrrole nitrogens is 1. The lowest BCUT2D eigenvalue weighted by Crippen LogP contribution is -2.28. The van der Waals surface area contributed by atoms with Crippen molar-refractivity contribution < 1.29 is 17.9 Å². The van der Waals surface area contributed by atoms with E-state index < -0.39 is 18.3 Å². The van der Waals surface area contributed by atoms with E-state index in [1.54, 1.807) is 0 Å². The maximum atomic E-state index is 13.2. The molecule has 0 amide bonds. The topological polar surface area (TPSA) is 72.8 Å². The van der Waals surface area contributed by atoms with Crippen LogP contribution in [0.25, 0.3) is 33.1 Å². The molecule has 0 fully saturated rings. The fourth-order valence-corrected chi connectivity index (χ4v) is 3.36. The molecule has 3 aromatic heterocycles. The van der Waals surface area contributed by atoms with E-state index in [1.165, 1.54) is 18.5 Å². The number of benzene rings is 1. The second kappa shape index (κ2) is 7.32. The van der Waals surface area contributed by atoms with Gasteiger partial charge in [-0.05, 0) is 18.6 Å². The molecule has 0 radical (unpaired) electrons. The third-order valence-electron chi connectivity index (χ3n) is 4.65. The smallest absolute Gasteiger partial charge is 0.377 e. The average molecular weight is 402 g/mol. The van der Waals surface area contributed by atoms with Crippen molar-refractivity contribution in [2.24, 2.45) is 0 Å². The Bertz CT molecular complexity index is 1240. The summed E-state index contributed by atoms with van der Waals surface area (Å²) < 4.78 is 45.8. The van der Waals surface area contributed by atoms with Gasteiger partial charge in [0.25, 0.3) is 5.56 Å². The second-order valence-electron chi connectivity index (χ2n) is 6.55. The number of alkyl halides is 3. The number of fused-ring (bicyclic) bond motifs is 3. The predicted molar refractivity (Wildman–Crippen MR) is 102 cm³/mol.